The topological polar surface area (TPSA) is 84.3 Å². The molecule has 3 aromatic carbocycles. The van der Waals surface area contributed by atoms with E-state index in [1.807, 2.05) is 42.5 Å². The third-order valence-corrected chi connectivity index (χ3v) is 8.07. The van der Waals surface area contributed by atoms with Crippen molar-refractivity contribution < 1.29 is 13.2 Å². The molecular weight excluding hydrogens is 448 g/mol. The Morgan fingerprint density at radius 1 is 1.00 bits per heavy atom. The lowest BCUT2D eigenvalue weighted by molar-refractivity contribution is -0.114. The Labute approximate surface area is 199 Å². The molecule has 0 unspecified atom stereocenters. The van der Waals surface area contributed by atoms with E-state index in [0.717, 1.165) is 28.8 Å². The van der Waals surface area contributed by atoms with Crippen molar-refractivity contribution in [3.05, 3.63) is 90.3 Å². The Kier molecular flexibility index (Phi) is 5.93. The van der Waals surface area contributed by atoms with Gasteiger partial charge in [-0.3, -0.25) is 4.79 Å². The number of para-hydroxylation sites is 2. The van der Waals surface area contributed by atoms with Crippen LogP contribution in [0.2, 0.25) is 0 Å². The number of sulfonamides is 1. The molecule has 7 nitrogen and oxygen atoms in total. The van der Waals surface area contributed by atoms with E-state index < -0.39 is 10.0 Å². The zero-order valence-corrected chi connectivity index (χ0v) is 19.7. The molecule has 1 aliphatic rings. The molecule has 0 aliphatic carbocycles. The minimum absolute atomic E-state index is 0.201. The highest BCUT2D eigenvalue weighted by atomic mass is 32.2. The van der Waals surface area contributed by atoms with Gasteiger partial charge in [0.25, 0.3) is 0 Å². The van der Waals surface area contributed by atoms with Gasteiger partial charge in [-0.05, 0) is 54.8 Å². The molecule has 2 heterocycles. The third-order valence-electron chi connectivity index (χ3n) is 6.15. The predicted molar refractivity (Wildman–Crippen MR) is 132 cm³/mol. The first-order valence-electron chi connectivity index (χ1n) is 11.3. The monoisotopic (exact) mass is 474 g/mol. The van der Waals surface area contributed by atoms with E-state index in [-0.39, 0.29) is 16.8 Å². The SMILES string of the molecule is CC(=O)Nc1ccc(S(=O)(=O)N2CCC[C@@H]2c2nc3ccccc3n2Cc2ccccc2)cc1. The van der Waals surface area contributed by atoms with Gasteiger partial charge in [0.1, 0.15) is 5.82 Å². The number of anilines is 1. The number of carbonyl (C=O) groups excluding carboxylic acids is 1. The van der Waals surface area contributed by atoms with Gasteiger partial charge >= 0.3 is 0 Å². The van der Waals surface area contributed by atoms with Gasteiger partial charge in [-0.2, -0.15) is 4.31 Å². The molecule has 1 aliphatic heterocycles. The highest BCUT2D eigenvalue weighted by molar-refractivity contribution is 7.89. The number of fused-ring (bicyclic) bond motifs is 1. The average molecular weight is 475 g/mol. The molecule has 0 saturated carbocycles. The molecule has 4 aromatic rings. The quantitative estimate of drug-likeness (QED) is 0.444. The summed E-state index contributed by atoms with van der Waals surface area (Å²) in [5, 5.41) is 2.67. The van der Waals surface area contributed by atoms with Crippen LogP contribution in [-0.4, -0.2) is 34.7 Å². The van der Waals surface area contributed by atoms with Crippen molar-refractivity contribution in [2.45, 2.75) is 37.2 Å². The van der Waals surface area contributed by atoms with Crippen LogP contribution in [0, 0.1) is 0 Å². The summed E-state index contributed by atoms with van der Waals surface area (Å²) in [4.78, 5) is 16.4. The standard InChI is InChI=1S/C26H26N4O3S/c1-19(31)27-21-13-15-22(16-14-21)34(32,33)30-17-7-12-25(30)26-28-23-10-5-6-11-24(23)29(26)18-20-8-3-2-4-9-20/h2-6,8-11,13-16,25H,7,12,17-18H2,1H3,(H,27,31)/t25-/m1/s1. The molecule has 0 radical (unpaired) electrons. The Morgan fingerprint density at radius 3 is 2.44 bits per heavy atom. The first-order valence-corrected chi connectivity index (χ1v) is 12.8. The lowest BCUT2D eigenvalue weighted by Gasteiger charge is -2.25. The fourth-order valence-electron chi connectivity index (χ4n) is 4.62. The molecule has 34 heavy (non-hydrogen) atoms. The second-order valence-corrected chi connectivity index (χ2v) is 10.4. The summed E-state index contributed by atoms with van der Waals surface area (Å²) >= 11 is 0. The number of carbonyl (C=O) groups is 1. The van der Waals surface area contributed by atoms with Crippen LogP contribution < -0.4 is 5.32 Å². The molecule has 1 N–H and O–H groups in total. The molecule has 1 aromatic heterocycles. The minimum atomic E-state index is -3.74. The van der Waals surface area contributed by atoms with E-state index in [9.17, 15) is 13.2 Å². The Morgan fingerprint density at radius 2 is 1.71 bits per heavy atom. The normalized spacial score (nSPS) is 16.7. The Balaban J connectivity index is 1.53. The minimum Gasteiger partial charge on any atom is -0.326 e. The molecule has 174 valence electrons. The van der Waals surface area contributed by atoms with Crippen LogP contribution in [0.15, 0.2) is 83.8 Å². The largest absolute Gasteiger partial charge is 0.326 e. The Hall–Kier alpha value is -3.49. The Bertz CT molecular complexity index is 1430. The second-order valence-electron chi connectivity index (χ2n) is 8.51. The van der Waals surface area contributed by atoms with Crippen molar-refractivity contribution >= 4 is 32.7 Å². The average Bonchev–Trinajstić information content (AvgIpc) is 3.45. The summed E-state index contributed by atoms with van der Waals surface area (Å²) in [7, 11) is -3.74. The highest BCUT2D eigenvalue weighted by Gasteiger charge is 2.39. The fourth-order valence-corrected chi connectivity index (χ4v) is 6.27. The van der Waals surface area contributed by atoms with Crippen LogP contribution in [0.25, 0.3) is 11.0 Å². The van der Waals surface area contributed by atoms with Gasteiger partial charge in [-0.25, -0.2) is 13.4 Å². The molecule has 1 fully saturated rings. The van der Waals surface area contributed by atoms with Crippen molar-refractivity contribution in [3.8, 4) is 0 Å². The van der Waals surface area contributed by atoms with E-state index in [4.69, 9.17) is 4.98 Å². The molecule has 0 bridgehead atoms. The third kappa shape index (κ3) is 4.22. The maximum absolute atomic E-state index is 13.6. The maximum atomic E-state index is 13.6. The number of benzene rings is 3. The number of rotatable bonds is 6. The fraction of sp³-hybridized carbons (Fsp3) is 0.231. The van der Waals surface area contributed by atoms with Gasteiger partial charge in [0.05, 0.1) is 22.0 Å². The smallest absolute Gasteiger partial charge is 0.243 e. The molecule has 1 saturated heterocycles. The summed E-state index contributed by atoms with van der Waals surface area (Å²) in [6.07, 6.45) is 1.48. The summed E-state index contributed by atoms with van der Waals surface area (Å²) in [5.41, 5.74) is 3.55. The summed E-state index contributed by atoms with van der Waals surface area (Å²) in [6, 6.07) is 24.0. The zero-order valence-electron chi connectivity index (χ0n) is 18.9. The first kappa shape index (κ1) is 22.3. The number of amides is 1. The van der Waals surface area contributed by atoms with E-state index in [1.165, 1.54) is 6.92 Å². The van der Waals surface area contributed by atoms with Crippen molar-refractivity contribution in [1.29, 1.82) is 0 Å². The van der Waals surface area contributed by atoms with Crippen LogP contribution in [0.5, 0.6) is 0 Å². The van der Waals surface area contributed by atoms with E-state index >= 15 is 0 Å². The number of nitrogens with zero attached hydrogens (tertiary/aromatic N) is 3. The number of hydrogen-bond donors (Lipinski definition) is 1. The molecule has 8 heteroatoms. The van der Waals surface area contributed by atoms with Crippen LogP contribution in [0.1, 0.15) is 37.2 Å². The zero-order chi connectivity index (χ0) is 23.7. The number of aromatic nitrogens is 2. The van der Waals surface area contributed by atoms with Gasteiger partial charge < -0.3 is 9.88 Å². The van der Waals surface area contributed by atoms with Gasteiger partial charge in [0, 0.05) is 25.7 Å². The van der Waals surface area contributed by atoms with Crippen LogP contribution >= 0.6 is 0 Å². The number of imidazole rings is 1. The van der Waals surface area contributed by atoms with Gasteiger partial charge in [-0.15, -0.1) is 0 Å². The first-order chi connectivity index (χ1) is 16.4. The summed E-state index contributed by atoms with van der Waals surface area (Å²) in [5.74, 6) is 0.563. The maximum Gasteiger partial charge on any atom is 0.243 e. The van der Waals surface area contributed by atoms with Gasteiger partial charge in [0.2, 0.25) is 15.9 Å². The number of nitrogens with one attached hydrogen (secondary N) is 1. The summed E-state index contributed by atoms with van der Waals surface area (Å²) in [6.45, 7) is 2.47. The van der Waals surface area contributed by atoms with Gasteiger partial charge in [-0.1, -0.05) is 42.5 Å². The molecule has 5 rings (SSSR count). The number of hydrogen-bond acceptors (Lipinski definition) is 4. The summed E-state index contributed by atoms with van der Waals surface area (Å²) < 4.78 is 31.0. The van der Waals surface area contributed by atoms with E-state index in [2.05, 4.69) is 22.0 Å². The molecule has 1 atom stereocenters. The molecular formula is C26H26N4O3S. The van der Waals surface area contributed by atoms with Gasteiger partial charge in [0.15, 0.2) is 0 Å². The predicted octanol–water partition coefficient (Wildman–Crippen LogP) is 4.57. The van der Waals surface area contributed by atoms with Crippen molar-refractivity contribution in [1.82, 2.24) is 13.9 Å². The van der Waals surface area contributed by atoms with Crippen molar-refractivity contribution in [3.63, 3.8) is 0 Å². The van der Waals surface area contributed by atoms with Crippen LogP contribution in [0.4, 0.5) is 5.69 Å². The van der Waals surface area contributed by atoms with Crippen molar-refractivity contribution in [2.24, 2.45) is 0 Å². The lowest BCUT2D eigenvalue weighted by Crippen LogP contribution is -2.32. The molecule has 0 spiro atoms. The second kappa shape index (κ2) is 9.04. The van der Waals surface area contributed by atoms with Crippen molar-refractivity contribution in [2.75, 3.05) is 11.9 Å². The highest BCUT2D eigenvalue weighted by Crippen LogP contribution is 2.38. The van der Waals surface area contributed by atoms with E-state index in [1.54, 1.807) is 28.6 Å². The lowest BCUT2D eigenvalue weighted by atomic mass is 10.2. The van der Waals surface area contributed by atoms with Crippen LogP contribution in [-0.2, 0) is 21.4 Å². The van der Waals surface area contributed by atoms with E-state index in [0.29, 0.717) is 25.2 Å². The van der Waals surface area contributed by atoms with Crippen LogP contribution in [0.3, 0.4) is 0 Å². The molecule has 1 amide bonds.